The average Bonchev–Trinajstić information content (AvgIpc) is 3.40. The summed E-state index contributed by atoms with van der Waals surface area (Å²) in [4.78, 5) is 30.4. The van der Waals surface area contributed by atoms with Gasteiger partial charge in [0, 0.05) is 30.1 Å². The van der Waals surface area contributed by atoms with Crippen molar-refractivity contribution in [2.75, 3.05) is 23.3 Å². The van der Waals surface area contributed by atoms with Gasteiger partial charge in [-0.1, -0.05) is 12.1 Å². The second-order valence-corrected chi connectivity index (χ2v) is 7.65. The van der Waals surface area contributed by atoms with E-state index >= 15 is 0 Å². The fourth-order valence-electron chi connectivity index (χ4n) is 3.40. The normalized spacial score (nSPS) is 14.6. The molecule has 150 valence electrons. The first-order valence-electron chi connectivity index (χ1n) is 9.29. The van der Waals surface area contributed by atoms with Crippen LogP contribution >= 0.6 is 11.3 Å². The van der Waals surface area contributed by atoms with Gasteiger partial charge < -0.3 is 25.7 Å². The van der Waals surface area contributed by atoms with Crippen LogP contribution in [0, 0.1) is 0 Å². The Balaban J connectivity index is 1.45. The predicted molar refractivity (Wildman–Crippen MR) is 112 cm³/mol. The molecular weight excluding hydrogens is 390 g/mol. The summed E-state index contributed by atoms with van der Waals surface area (Å²) in [7, 11) is 0. The molecule has 0 saturated carbocycles. The lowest BCUT2D eigenvalue weighted by Crippen LogP contribution is -2.46. The van der Waals surface area contributed by atoms with Gasteiger partial charge in [-0.2, -0.15) is 0 Å². The zero-order valence-corrected chi connectivity index (χ0v) is 16.4. The maximum atomic E-state index is 12.7. The van der Waals surface area contributed by atoms with Crippen molar-refractivity contribution in [2.45, 2.75) is 18.9 Å². The molecule has 1 saturated heterocycles. The Hall–Kier alpha value is -3.33. The number of nitrogens with two attached hydrogens (primary N) is 1. The number of carbonyl (C=O) groups excluding carboxylic acids is 2. The monoisotopic (exact) mass is 411 g/mol. The van der Waals surface area contributed by atoms with E-state index in [9.17, 15) is 9.59 Å². The number of benzene rings is 1. The molecule has 29 heavy (non-hydrogen) atoms. The second kappa shape index (κ2) is 8.36. The molecule has 3 amide bonds. The third-order valence-corrected chi connectivity index (χ3v) is 5.73. The van der Waals surface area contributed by atoms with Crippen LogP contribution in [0.15, 0.2) is 52.7 Å². The van der Waals surface area contributed by atoms with Gasteiger partial charge in [0.15, 0.2) is 0 Å². The Morgan fingerprint density at radius 2 is 2.00 bits per heavy atom. The van der Waals surface area contributed by atoms with Gasteiger partial charge in [0.05, 0.1) is 17.6 Å². The molecular formula is C20H21N5O3S. The number of amides is 3. The fraction of sp³-hybridized carbons (Fsp3) is 0.250. The van der Waals surface area contributed by atoms with E-state index in [1.165, 1.54) is 11.3 Å². The SMILES string of the molecule is NC(=O)NC1CCN(c2ccccc2NC(=O)c2csc(-c3ccoc3)n2)CC1. The second-order valence-electron chi connectivity index (χ2n) is 6.79. The summed E-state index contributed by atoms with van der Waals surface area (Å²) < 4.78 is 5.08. The highest BCUT2D eigenvalue weighted by Crippen LogP contribution is 2.29. The summed E-state index contributed by atoms with van der Waals surface area (Å²) in [6.07, 6.45) is 4.78. The maximum Gasteiger partial charge on any atom is 0.312 e. The standard InChI is InChI=1S/C20H21N5O3S/c21-20(27)22-14-5-8-25(9-6-14)17-4-2-1-3-15(17)23-18(26)16-12-29-19(24-16)13-7-10-28-11-13/h1-4,7,10-12,14H,5-6,8-9H2,(H,23,26)(H3,21,22,27). The van der Waals surface area contributed by atoms with E-state index < -0.39 is 6.03 Å². The Morgan fingerprint density at radius 3 is 2.72 bits per heavy atom. The Bertz CT molecular complexity index is 993. The number of aromatic nitrogens is 1. The lowest BCUT2D eigenvalue weighted by molar-refractivity contribution is 0.102. The highest BCUT2D eigenvalue weighted by molar-refractivity contribution is 7.13. The van der Waals surface area contributed by atoms with Gasteiger partial charge in [0.2, 0.25) is 0 Å². The third kappa shape index (κ3) is 4.40. The summed E-state index contributed by atoms with van der Waals surface area (Å²) in [6, 6.07) is 9.10. The van der Waals surface area contributed by atoms with E-state index in [4.69, 9.17) is 10.2 Å². The number of hydrogen-bond acceptors (Lipinski definition) is 6. The van der Waals surface area contributed by atoms with Gasteiger partial charge in [-0.15, -0.1) is 11.3 Å². The first-order chi connectivity index (χ1) is 14.1. The molecule has 0 spiro atoms. The van der Waals surface area contributed by atoms with Crippen LogP contribution < -0.4 is 21.3 Å². The molecule has 3 aromatic rings. The lowest BCUT2D eigenvalue weighted by atomic mass is 10.0. The maximum absolute atomic E-state index is 12.7. The van der Waals surface area contributed by atoms with E-state index in [1.54, 1.807) is 17.9 Å². The summed E-state index contributed by atoms with van der Waals surface area (Å²) in [5, 5.41) is 8.22. The van der Waals surface area contributed by atoms with Crippen molar-refractivity contribution < 1.29 is 14.0 Å². The van der Waals surface area contributed by atoms with E-state index in [0.717, 1.165) is 47.9 Å². The molecule has 0 atom stereocenters. The fourth-order valence-corrected chi connectivity index (χ4v) is 4.19. The van der Waals surface area contributed by atoms with Crippen molar-refractivity contribution in [3.63, 3.8) is 0 Å². The van der Waals surface area contributed by atoms with Crippen molar-refractivity contribution >= 4 is 34.6 Å². The average molecular weight is 411 g/mol. The van der Waals surface area contributed by atoms with E-state index in [2.05, 4.69) is 20.5 Å². The van der Waals surface area contributed by atoms with E-state index in [0.29, 0.717) is 5.69 Å². The molecule has 2 aromatic heterocycles. The molecule has 4 rings (SSSR count). The molecule has 1 aliphatic rings. The number of nitrogens with one attached hydrogen (secondary N) is 2. The number of hydrogen-bond donors (Lipinski definition) is 3. The Labute approximate surface area is 171 Å². The summed E-state index contributed by atoms with van der Waals surface area (Å²) in [6.45, 7) is 1.53. The van der Waals surface area contributed by atoms with Gasteiger partial charge in [-0.3, -0.25) is 4.79 Å². The van der Waals surface area contributed by atoms with Crippen LogP contribution in [-0.4, -0.2) is 36.1 Å². The molecule has 9 heteroatoms. The van der Waals surface area contributed by atoms with Crippen LogP contribution in [0.1, 0.15) is 23.3 Å². The number of urea groups is 1. The van der Waals surface area contributed by atoms with Gasteiger partial charge in [-0.05, 0) is 31.0 Å². The number of piperidine rings is 1. The number of nitrogens with zero attached hydrogens (tertiary/aromatic N) is 2. The summed E-state index contributed by atoms with van der Waals surface area (Å²) in [5.41, 5.74) is 8.11. The van der Waals surface area contributed by atoms with Gasteiger partial charge in [0.1, 0.15) is 17.0 Å². The third-order valence-electron chi connectivity index (χ3n) is 4.84. The number of thiazole rings is 1. The van der Waals surface area contributed by atoms with Crippen molar-refractivity contribution in [3.8, 4) is 10.6 Å². The van der Waals surface area contributed by atoms with Crippen molar-refractivity contribution in [2.24, 2.45) is 5.73 Å². The lowest BCUT2D eigenvalue weighted by Gasteiger charge is -2.34. The van der Waals surface area contributed by atoms with Gasteiger partial charge >= 0.3 is 6.03 Å². The summed E-state index contributed by atoms with van der Waals surface area (Å²) >= 11 is 1.40. The topological polar surface area (TPSA) is 113 Å². The number of primary amides is 1. The smallest absolute Gasteiger partial charge is 0.312 e. The Kier molecular flexibility index (Phi) is 5.48. The highest BCUT2D eigenvalue weighted by Gasteiger charge is 2.22. The largest absolute Gasteiger partial charge is 0.472 e. The number of carbonyl (C=O) groups is 2. The molecule has 0 bridgehead atoms. The molecule has 1 fully saturated rings. The molecule has 1 aliphatic heterocycles. The van der Waals surface area contributed by atoms with Crippen LogP contribution in [0.3, 0.4) is 0 Å². The number of anilines is 2. The minimum absolute atomic E-state index is 0.0850. The minimum atomic E-state index is -0.492. The first-order valence-corrected chi connectivity index (χ1v) is 10.2. The van der Waals surface area contributed by atoms with Crippen LogP contribution in [0.25, 0.3) is 10.6 Å². The predicted octanol–water partition coefficient (Wildman–Crippen LogP) is 3.29. The van der Waals surface area contributed by atoms with Crippen LogP contribution in [0.2, 0.25) is 0 Å². The summed E-state index contributed by atoms with van der Waals surface area (Å²) in [5.74, 6) is -0.256. The first kappa shape index (κ1) is 19.0. The van der Waals surface area contributed by atoms with Crippen LogP contribution in [0.4, 0.5) is 16.2 Å². The minimum Gasteiger partial charge on any atom is -0.472 e. The number of rotatable bonds is 5. The van der Waals surface area contributed by atoms with Crippen LogP contribution in [0.5, 0.6) is 0 Å². The quantitative estimate of drug-likeness (QED) is 0.596. The van der Waals surface area contributed by atoms with Crippen molar-refractivity contribution in [1.29, 1.82) is 0 Å². The molecule has 4 N–H and O–H groups in total. The van der Waals surface area contributed by atoms with Gasteiger partial charge in [-0.25, -0.2) is 9.78 Å². The van der Waals surface area contributed by atoms with Gasteiger partial charge in [0.25, 0.3) is 5.91 Å². The van der Waals surface area contributed by atoms with Crippen LogP contribution in [-0.2, 0) is 0 Å². The molecule has 0 aliphatic carbocycles. The zero-order chi connectivity index (χ0) is 20.2. The number of furan rings is 1. The van der Waals surface area contributed by atoms with E-state index in [1.807, 2.05) is 30.3 Å². The molecule has 0 radical (unpaired) electrons. The highest BCUT2D eigenvalue weighted by atomic mass is 32.1. The molecule has 0 unspecified atom stereocenters. The molecule has 1 aromatic carbocycles. The van der Waals surface area contributed by atoms with E-state index in [-0.39, 0.29) is 11.9 Å². The van der Waals surface area contributed by atoms with Crippen molar-refractivity contribution in [1.82, 2.24) is 10.3 Å². The van der Waals surface area contributed by atoms with Crippen molar-refractivity contribution in [3.05, 3.63) is 53.9 Å². The molecule has 8 nitrogen and oxygen atoms in total. The molecule has 3 heterocycles. The number of para-hydroxylation sites is 2. The zero-order valence-electron chi connectivity index (χ0n) is 15.6. The Morgan fingerprint density at radius 1 is 1.21 bits per heavy atom.